The van der Waals surface area contributed by atoms with Crippen LogP contribution in [0.5, 0.6) is 0 Å². The number of hydrogen-bond acceptors (Lipinski definition) is 2. The molecule has 2 saturated heterocycles. The van der Waals surface area contributed by atoms with E-state index in [9.17, 15) is 0 Å². The zero-order valence-electron chi connectivity index (χ0n) is 10.7. The molecule has 4 nitrogen and oxygen atoms in total. The summed E-state index contributed by atoms with van der Waals surface area (Å²) in [5, 5.41) is 4.26. The van der Waals surface area contributed by atoms with Gasteiger partial charge in [0.25, 0.3) is 0 Å². The first-order valence-electron chi connectivity index (χ1n) is 6.77. The highest BCUT2D eigenvalue weighted by atomic mass is 32.1. The van der Waals surface area contributed by atoms with Gasteiger partial charge in [0.1, 0.15) is 0 Å². The molecule has 0 radical (unpaired) electrons. The number of nitrogens with one attached hydrogen (secondary N) is 2. The molecular formula is C12H24N3OS+. The van der Waals surface area contributed by atoms with Crippen LogP contribution < -0.4 is 10.2 Å². The Bertz CT molecular complexity index is 248. The van der Waals surface area contributed by atoms with Crippen molar-refractivity contribution in [3.8, 4) is 0 Å². The third kappa shape index (κ3) is 3.79. The van der Waals surface area contributed by atoms with E-state index in [1.54, 1.807) is 4.90 Å². The van der Waals surface area contributed by atoms with Gasteiger partial charge in [0.15, 0.2) is 5.11 Å². The number of ether oxygens (including phenoxy) is 1. The van der Waals surface area contributed by atoms with E-state index in [1.165, 1.54) is 32.5 Å². The SMILES string of the molecule is CC[NH+]1CCN(C(=S)NC[C@@H]2CCCO2)CC1. The highest BCUT2D eigenvalue weighted by molar-refractivity contribution is 7.80. The molecule has 0 aromatic rings. The van der Waals surface area contributed by atoms with Crippen molar-refractivity contribution >= 4 is 17.3 Å². The highest BCUT2D eigenvalue weighted by Crippen LogP contribution is 2.10. The summed E-state index contributed by atoms with van der Waals surface area (Å²) in [5.74, 6) is 0. The molecule has 0 aromatic heterocycles. The van der Waals surface area contributed by atoms with E-state index in [0.717, 1.165) is 31.4 Å². The Hall–Kier alpha value is -0.390. The van der Waals surface area contributed by atoms with Crippen LogP contribution in [0.2, 0.25) is 0 Å². The van der Waals surface area contributed by atoms with Crippen molar-refractivity contribution in [3.05, 3.63) is 0 Å². The molecule has 2 heterocycles. The molecule has 2 N–H and O–H groups in total. The molecule has 0 unspecified atom stereocenters. The van der Waals surface area contributed by atoms with Crippen LogP contribution in [0, 0.1) is 0 Å². The van der Waals surface area contributed by atoms with Crippen LogP contribution in [-0.2, 0) is 4.74 Å². The quantitative estimate of drug-likeness (QED) is 0.653. The van der Waals surface area contributed by atoms with Crippen molar-refractivity contribution in [2.75, 3.05) is 45.9 Å². The topological polar surface area (TPSA) is 28.9 Å². The zero-order chi connectivity index (χ0) is 12.1. The minimum Gasteiger partial charge on any atom is -0.376 e. The van der Waals surface area contributed by atoms with Gasteiger partial charge >= 0.3 is 0 Å². The van der Waals surface area contributed by atoms with E-state index in [-0.39, 0.29) is 0 Å². The summed E-state index contributed by atoms with van der Waals surface area (Å²) in [4.78, 5) is 3.98. The van der Waals surface area contributed by atoms with Crippen molar-refractivity contribution in [2.24, 2.45) is 0 Å². The van der Waals surface area contributed by atoms with Gasteiger partial charge in [0, 0.05) is 13.2 Å². The number of thiocarbonyl (C=S) groups is 1. The third-order valence-corrected chi connectivity index (χ3v) is 4.17. The average molecular weight is 258 g/mol. The third-order valence-electron chi connectivity index (χ3n) is 3.76. The molecule has 2 rings (SSSR count). The fraction of sp³-hybridized carbons (Fsp3) is 0.917. The maximum atomic E-state index is 5.58. The molecule has 1 atom stereocenters. The number of quaternary nitrogens is 1. The summed E-state index contributed by atoms with van der Waals surface area (Å²) in [6.45, 7) is 9.85. The van der Waals surface area contributed by atoms with E-state index >= 15 is 0 Å². The lowest BCUT2D eigenvalue weighted by Gasteiger charge is -2.33. The molecule has 98 valence electrons. The Labute approximate surface area is 109 Å². The molecule has 0 spiro atoms. The normalized spacial score (nSPS) is 26.2. The number of likely N-dealkylation sites (N-methyl/N-ethyl adjacent to an activating group) is 1. The van der Waals surface area contributed by atoms with E-state index in [4.69, 9.17) is 17.0 Å². The monoisotopic (exact) mass is 258 g/mol. The Kier molecular flexibility index (Phi) is 5.00. The van der Waals surface area contributed by atoms with Crippen LogP contribution in [0.3, 0.4) is 0 Å². The summed E-state index contributed by atoms with van der Waals surface area (Å²) in [5.41, 5.74) is 0. The van der Waals surface area contributed by atoms with Crippen LogP contribution in [-0.4, -0.2) is 62.0 Å². The van der Waals surface area contributed by atoms with Crippen LogP contribution in [0.1, 0.15) is 19.8 Å². The summed E-state index contributed by atoms with van der Waals surface area (Å²) >= 11 is 5.43. The molecule has 2 fully saturated rings. The Balaban J connectivity index is 1.66. The van der Waals surface area contributed by atoms with Crippen LogP contribution in [0.4, 0.5) is 0 Å². The van der Waals surface area contributed by atoms with Crippen molar-refractivity contribution in [1.82, 2.24) is 10.2 Å². The summed E-state index contributed by atoms with van der Waals surface area (Å²) in [7, 11) is 0. The highest BCUT2D eigenvalue weighted by Gasteiger charge is 2.21. The molecule has 0 aliphatic carbocycles. The molecule has 0 aromatic carbocycles. The first-order valence-corrected chi connectivity index (χ1v) is 7.18. The second-order valence-corrected chi connectivity index (χ2v) is 5.30. The first-order chi connectivity index (χ1) is 8.29. The average Bonchev–Trinajstić information content (AvgIpc) is 2.89. The van der Waals surface area contributed by atoms with Gasteiger partial charge in [-0.15, -0.1) is 0 Å². The second kappa shape index (κ2) is 6.52. The predicted octanol–water partition coefficient (Wildman–Crippen LogP) is -0.740. The number of nitrogens with zero attached hydrogens (tertiary/aromatic N) is 1. The molecule has 17 heavy (non-hydrogen) atoms. The Morgan fingerprint density at radius 2 is 2.24 bits per heavy atom. The summed E-state index contributed by atoms with van der Waals surface area (Å²) in [6, 6.07) is 0. The molecule has 2 aliphatic rings. The summed E-state index contributed by atoms with van der Waals surface area (Å²) < 4.78 is 5.58. The standard InChI is InChI=1S/C12H23N3OS/c1-2-14-5-7-15(8-6-14)12(17)13-10-11-4-3-9-16-11/h11H,2-10H2,1H3,(H,13,17)/p+1/t11-/m0/s1. The van der Waals surface area contributed by atoms with Crippen molar-refractivity contribution < 1.29 is 9.64 Å². The van der Waals surface area contributed by atoms with Gasteiger partial charge in [0.05, 0.1) is 38.8 Å². The van der Waals surface area contributed by atoms with Crippen LogP contribution >= 0.6 is 12.2 Å². The zero-order valence-corrected chi connectivity index (χ0v) is 11.5. The van der Waals surface area contributed by atoms with Gasteiger partial charge < -0.3 is 19.9 Å². The van der Waals surface area contributed by atoms with E-state index < -0.39 is 0 Å². The lowest BCUT2D eigenvalue weighted by Crippen LogP contribution is -3.14. The predicted molar refractivity (Wildman–Crippen MR) is 72.4 cm³/mol. The molecule has 0 saturated carbocycles. The first kappa shape index (κ1) is 13.1. The smallest absolute Gasteiger partial charge is 0.169 e. The van der Waals surface area contributed by atoms with Crippen LogP contribution in [0.25, 0.3) is 0 Å². The van der Waals surface area contributed by atoms with Crippen molar-refractivity contribution in [2.45, 2.75) is 25.9 Å². The van der Waals surface area contributed by atoms with Gasteiger partial charge in [-0.2, -0.15) is 0 Å². The van der Waals surface area contributed by atoms with Crippen molar-refractivity contribution in [1.29, 1.82) is 0 Å². The Morgan fingerprint density at radius 3 is 2.82 bits per heavy atom. The van der Waals surface area contributed by atoms with Gasteiger partial charge in [-0.1, -0.05) is 0 Å². The summed E-state index contributed by atoms with van der Waals surface area (Å²) in [6.07, 6.45) is 2.73. The lowest BCUT2D eigenvalue weighted by atomic mass is 10.2. The molecule has 0 amide bonds. The van der Waals surface area contributed by atoms with E-state index in [1.807, 2.05) is 0 Å². The maximum absolute atomic E-state index is 5.58. The minimum absolute atomic E-state index is 0.371. The number of piperazine rings is 1. The molecular weight excluding hydrogens is 234 g/mol. The second-order valence-electron chi connectivity index (χ2n) is 4.91. The van der Waals surface area contributed by atoms with Gasteiger partial charge in [-0.25, -0.2) is 0 Å². The number of hydrogen-bond donors (Lipinski definition) is 2. The van der Waals surface area contributed by atoms with Crippen LogP contribution in [0.15, 0.2) is 0 Å². The fourth-order valence-corrected chi connectivity index (χ4v) is 2.76. The minimum atomic E-state index is 0.371. The van der Waals surface area contributed by atoms with Gasteiger partial charge in [-0.3, -0.25) is 0 Å². The molecule has 2 aliphatic heterocycles. The fourth-order valence-electron chi connectivity index (χ4n) is 2.50. The van der Waals surface area contributed by atoms with Gasteiger partial charge in [0.2, 0.25) is 0 Å². The van der Waals surface area contributed by atoms with Crippen molar-refractivity contribution in [3.63, 3.8) is 0 Å². The largest absolute Gasteiger partial charge is 0.376 e. The number of rotatable bonds is 3. The van der Waals surface area contributed by atoms with E-state index in [0.29, 0.717) is 6.10 Å². The molecule has 5 heteroatoms. The van der Waals surface area contributed by atoms with Gasteiger partial charge in [-0.05, 0) is 32.0 Å². The lowest BCUT2D eigenvalue weighted by molar-refractivity contribution is -0.902. The van der Waals surface area contributed by atoms with E-state index in [2.05, 4.69) is 17.1 Å². The maximum Gasteiger partial charge on any atom is 0.169 e. The molecule has 0 bridgehead atoms. The Morgan fingerprint density at radius 1 is 1.47 bits per heavy atom.